The van der Waals surface area contributed by atoms with Crippen LogP contribution in [-0.2, 0) is 4.79 Å². The number of aliphatic hydroxyl groups excluding tert-OH is 1. The Bertz CT molecular complexity index is 419. The van der Waals surface area contributed by atoms with E-state index < -0.39 is 0 Å². The van der Waals surface area contributed by atoms with Crippen LogP contribution in [0.1, 0.15) is 12.0 Å². The molecule has 1 rings (SSSR count). The van der Waals surface area contributed by atoms with Crippen molar-refractivity contribution in [2.75, 3.05) is 13.2 Å². The lowest BCUT2D eigenvalue weighted by Crippen LogP contribution is -2.22. The molecule has 3 nitrogen and oxygen atoms in total. The van der Waals surface area contributed by atoms with Gasteiger partial charge < -0.3 is 10.4 Å². The highest BCUT2D eigenvalue weighted by Crippen LogP contribution is 2.22. The summed E-state index contributed by atoms with van der Waals surface area (Å²) in [4.78, 5) is 11.3. The summed E-state index contributed by atoms with van der Waals surface area (Å²) in [6, 6.07) is 5.13. The third-order valence-electron chi connectivity index (χ3n) is 2.00. The van der Waals surface area contributed by atoms with Gasteiger partial charge in [-0.3, -0.25) is 4.79 Å². The van der Waals surface area contributed by atoms with E-state index in [1.807, 2.05) is 0 Å². The Morgan fingerprint density at radius 1 is 1.35 bits per heavy atom. The van der Waals surface area contributed by atoms with Crippen LogP contribution in [-0.4, -0.2) is 24.2 Å². The van der Waals surface area contributed by atoms with E-state index in [0.29, 0.717) is 23.0 Å². The zero-order valence-corrected chi connectivity index (χ0v) is 10.6. The minimum Gasteiger partial charge on any atom is -0.396 e. The zero-order valence-electron chi connectivity index (χ0n) is 9.12. The van der Waals surface area contributed by atoms with Gasteiger partial charge in [-0.15, -0.1) is 0 Å². The molecule has 0 aliphatic heterocycles. The first kappa shape index (κ1) is 14.0. The molecule has 0 heterocycles. The number of amides is 1. The molecule has 0 atom stereocenters. The molecule has 1 aromatic rings. The van der Waals surface area contributed by atoms with Gasteiger partial charge in [0, 0.05) is 19.2 Å². The van der Waals surface area contributed by atoms with Gasteiger partial charge in [-0.25, -0.2) is 0 Å². The molecule has 0 saturated carbocycles. The first-order valence-electron chi connectivity index (χ1n) is 5.15. The van der Waals surface area contributed by atoms with Crippen molar-refractivity contribution < 1.29 is 9.90 Å². The van der Waals surface area contributed by atoms with Gasteiger partial charge in [0.05, 0.1) is 10.0 Å². The molecular formula is C12H13Cl2NO2. The maximum Gasteiger partial charge on any atom is 0.244 e. The smallest absolute Gasteiger partial charge is 0.244 e. The summed E-state index contributed by atoms with van der Waals surface area (Å²) in [5.41, 5.74) is 0.803. The number of rotatable bonds is 5. The Kier molecular flexibility index (Phi) is 6.05. The van der Waals surface area contributed by atoms with Gasteiger partial charge in [0.15, 0.2) is 0 Å². The Hall–Kier alpha value is -1.03. The zero-order chi connectivity index (χ0) is 12.7. The molecule has 0 fully saturated rings. The molecule has 0 unspecified atom stereocenters. The summed E-state index contributed by atoms with van der Waals surface area (Å²) in [5.74, 6) is -0.204. The van der Waals surface area contributed by atoms with Crippen LogP contribution >= 0.6 is 23.2 Å². The van der Waals surface area contributed by atoms with E-state index in [2.05, 4.69) is 5.32 Å². The molecule has 0 bridgehead atoms. The van der Waals surface area contributed by atoms with Crippen LogP contribution in [0, 0.1) is 0 Å². The normalized spacial score (nSPS) is 10.8. The van der Waals surface area contributed by atoms with E-state index in [1.54, 1.807) is 24.3 Å². The van der Waals surface area contributed by atoms with Crippen molar-refractivity contribution in [3.8, 4) is 0 Å². The maximum atomic E-state index is 11.3. The Morgan fingerprint density at radius 3 is 2.76 bits per heavy atom. The summed E-state index contributed by atoms with van der Waals surface area (Å²) in [6.45, 7) is 0.526. The quantitative estimate of drug-likeness (QED) is 0.640. The Balaban J connectivity index is 2.52. The van der Waals surface area contributed by atoms with Crippen molar-refractivity contribution >= 4 is 35.2 Å². The summed E-state index contributed by atoms with van der Waals surface area (Å²) >= 11 is 11.6. The number of hydrogen-bond acceptors (Lipinski definition) is 2. The van der Waals surface area contributed by atoms with Gasteiger partial charge >= 0.3 is 0 Å². The third kappa shape index (κ3) is 5.22. The SMILES string of the molecule is O=C(/C=C/c1ccc(Cl)c(Cl)c1)NCCCO. The van der Waals surface area contributed by atoms with Crippen LogP contribution in [0.25, 0.3) is 6.08 Å². The largest absolute Gasteiger partial charge is 0.396 e. The highest BCUT2D eigenvalue weighted by Gasteiger charge is 1.98. The topological polar surface area (TPSA) is 49.3 Å². The first-order valence-corrected chi connectivity index (χ1v) is 5.91. The van der Waals surface area contributed by atoms with E-state index in [9.17, 15) is 4.79 Å². The molecule has 0 saturated heterocycles. The highest BCUT2D eigenvalue weighted by atomic mass is 35.5. The standard InChI is InChI=1S/C12H13Cl2NO2/c13-10-4-2-9(8-11(10)14)3-5-12(17)15-6-1-7-16/h2-5,8,16H,1,6-7H2,(H,15,17)/b5-3+. The average Bonchev–Trinajstić information content (AvgIpc) is 2.31. The van der Waals surface area contributed by atoms with Gasteiger partial charge in [-0.1, -0.05) is 29.3 Å². The van der Waals surface area contributed by atoms with Crippen LogP contribution < -0.4 is 5.32 Å². The molecule has 0 radical (unpaired) electrons. The van der Waals surface area contributed by atoms with Crippen LogP contribution in [0.2, 0.25) is 10.0 Å². The minimum absolute atomic E-state index is 0.0663. The Labute approximate surface area is 110 Å². The first-order chi connectivity index (χ1) is 8.13. The lowest BCUT2D eigenvalue weighted by molar-refractivity contribution is -0.116. The van der Waals surface area contributed by atoms with Gasteiger partial charge in [0.1, 0.15) is 0 Å². The molecule has 92 valence electrons. The number of carbonyl (C=O) groups is 1. The van der Waals surface area contributed by atoms with Gasteiger partial charge in [0.25, 0.3) is 0 Å². The monoisotopic (exact) mass is 273 g/mol. The van der Waals surface area contributed by atoms with Crippen LogP contribution in [0.3, 0.4) is 0 Å². The van der Waals surface area contributed by atoms with E-state index >= 15 is 0 Å². The van der Waals surface area contributed by atoms with Gasteiger partial charge in [0.2, 0.25) is 5.91 Å². The fourth-order valence-electron chi connectivity index (χ4n) is 1.14. The fourth-order valence-corrected chi connectivity index (χ4v) is 1.44. The second kappa shape index (κ2) is 7.33. The maximum absolute atomic E-state index is 11.3. The number of hydrogen-bond donors (Lipinski definition) is 2. The predicted octanol–water partition coefficient (Wildman–Crippen LogP) is 2.51. The van der Waals surface area contributed by atoms with Crippen LogP contribution in [0.15, 0.2) is 24.3 Å². The molecule has 0 aliphatic rings. The fraction of sp³-hybridized carbons (Fsp3) is 0.250. The van der Waals surface area contributed by atoms with Crippen molar-refractivity contribution in [3.05, 3.63) is 39.9 Å². The summed E-state index contributed by atoms with van der Waals surface area (Å²) in [7, 11) is 0. The van der Waals surface area contributed by atoms with Crippen molar-refractivity contribution in [2.24, 2.45) is 0 Å². The van der Waals surface area contributed by atoms with E-state index in [1.165, 1.54) is 6.08 Å². The van der Waals surface area contributed by atoms with Crippen LogP contribution in [0.4, 0.5) is 0 Å². The molecule has 1 amide bonds. The second-order valence-corrected chi connectivity index (χ2v) is 4.19. The number of carbonyl (C=O) groups excluding carboxylic acids is 1. The second-order valence-electron chi connectivity index (χ2n) is 3.38. The summed E-state index contributed by atoms with van der Waals surface area (Å²) < 4.78 is 0. The lowest BCUT2D eigenvalue weighted by atomic mass is 10.2. The third-order valence-corrected chi connectivity index (χ3v) is 2.74. The number of aliphatic hydroxyl groups is 1. The molecule has 0 aliphatic carbocycles. The van der Waals surface area contributed by atoms with E-state index in [0.717, 1.165) is 5.56 Å². The van der Waals surface area contributed by atoms with Gasteiger partial charge in [-0.2, -0.15) is 0 Å². The average molecular weight is 274 g/mol. The molecular weight excluding hydrogens is 261 g/mol. The highest BCUT2D eigenvalue weighted by molar-refractivity contribution is 6.42. The van der Waals surface area contributed by atoms with Gasteiger partial charge in [-0.05, 0) is 30.2 Å². The van der Waals surface area contributed by atoms with Crippen LogP contribution in [0.5, 0.6) is 0 Å². The van der Waals surface area contributed by atoms with E-state index in [-0.39, 0.29) is 12.5 Å². The van der Waals surface area contributed by atoms with Crippen molar-refractivity contribution in [2.45, 2.75) is 6.42 Å². The predicted molar refractivity (Wildman–Crippen MR) is 70.2 cm³/mol. The Morgan fingerprint density at radius 2 is 2.12 bits per heavy atom. The molecule has 0 aromatic heterocycles. The lowest BCUT2D eigenvalue weighted by Gasteiger charge is -2.00. The minimum atomic E-state index is -0.204. The van der Waals surface area contributed by atoms with Crippen molar-refractivity contribution in [3.63, 3.8) is 0 Å². The summed E-state index contributed by atoms with van der Waals surface area (Å²) in [6.07, 6.45) is 3.61. The summed E-state index contributed by atoms with van der Waals surface area (Å²) in [5, 5.41) is 12.1. The molecule has 5 heteroatoms. The van der Waals surface area contributed by atoms with E-state index in [4.69, 9.17) is 28.3 Å². The number of benzene rings is 1. The molecule has 2 N–H and O–H groups in total. The number of halogens is 2. The molecule has 1 aromatic carbocycles. The number of nitrogens with one attached hydrogen (secondary N) is 1. The van der Waals surface area contributed by atoms with Crippen molar-refractivity contribution in [1.29, 1.82) is 0 Å². The van der Waals surface area contributed by atoms with Crippen molar-refractivity contribution in [1.82, 2.24) is 5.32 Å². The molecule has 17 heavy (non-hydrogen) atoms. The molecule has 0 spiro atoms.